The largest absolute Gasteiger partial charge is 0.463 e. The topological polar surface area (TPSA) is 153 Å². The van der Waals surface area contributed by atoms with Gasteiger partial charge < -0.3 is 23.7 Å². The van der Waals surface area contributed by atoms with Gasteiger partial charge in [-0.1, -0.05) is 54.2 Å². The van der Waals surface area contributed by atoms with Crippen LogP contribution in [0.25, 0.3) is 23.0 Å². The Morgan fingerprint density at radius 2 is 1.51 bits per heavy atom. The molecule has 0 N–H and O–H groups in total. The number of benzene rings is 2. The van der Waals surface area contributed by atoms with Gasteiger partial charge in [0.15, 0.2) is 24.5 Å². The molecule has 49 heavy (non-hydrogen) atoms. The van der Waals surface area contributed by atoms with Gasteiger partial charge in [0.2, 0.25) is 0 Å². The minimum absolute atomic E-state index is 0.00502. The van der Waals surface area contributed by atoms with Crippen LogP contribution >= 0.6 is 35.6 Å². The van der Waals surface area contributed by atoms with E-state index < -0.39 is 66.4 Å². The van der Waals surface area contributed by atoms with Crippen molar-refractivity contribution in [3.05, 3.63) is 76.3 Å². The fourth-order valence-corrected chi connectivity index (χ4v) is 6.70. The number of hydrogen-bond acceptors (Lipinski definition) is 13. The third-order valence-corrected chi connectivity index (χ3v) is 8.91. The first-order valence-corrected chi connectivity index (χ1v) is 16.4. The Morgan fingerprint density at radius 3 is 2.12 bits per heavy atom. The highest BCUT2D eigenvalue weighted by atomic mass is 35.5. The molecular weight excluding hydrogens is 698 g/mol. The molecule has 16 heteroatoms. The molecule has 0 saturated carbocycles. The van der Waals surface area contributed by atoms with Gasteiger partial charge in [-0.15, -0.1) is 0 Å². The first-order chi connectivity index (χ1) is 23.3. The van der Waals surface area contributed by atoms with Gasteiger partial charge in [0.05, 0.1) is 16.3 Å². The molecule has 0 unspecified atom stereocenters. The lowest BCUT2D eigenvalue weighted by Gasteiger charge is -2.46. The van der Waals surface area contributed by atoms with Crippen LogP contribution in [-0.2, 0) is 42.9 Å². The summed E-state index contributed by atoms with van der Waals surface area (Å²) >= 11 is 12.7. The molecule has 3 heterocycles. The number of para-hydroxylation sites is 1. The number of carbonyl (C=O) groups excluding carboxylic acids is 5. The van der Waals surface area contributed by atoms with E-state index in [2.05, 4.69) is 0 Å². The zero-order valence-electron chi connectivity index (χ0n) is 26.6. The first kappa shape index (κ1) is 35.7. The van der Waals surface area contributed by atoms with Crippen molar-refractivity contribution in [1.29, 1.82) is 0 Å². The Balaban J connectivity index is 1.56. The van der Waals surface area contributed by atoms with Crippen LogP contribution in [-0.4, -0.2) is 86.0 Å². The van der Waals surface area contributed by atoms with Crippen LogP contribution in [0.4, 0.5) is 4.79 Å². The second-order valence-corrected chi connectivity index (χ2v) is 12.7. The highest BCUT2D eigenvalue weighted by molar-refractivity contribution is 8.19. The minimum Gasteiger partial charge on any atom is -0.463 e. The number of nitrogens with zero attached hydrogens (tertiary/aromatic N) is 3. The number of thioether (sulfide) groups is 1. The Kier molecular flexibility index (Phi) is 11.2. The molecule has 0 aliphatic carbocycles. The number of carbonyl (C=O) groups is 5. The second-order valence-electron chi connectivity index (χ2n) is 10.9. The van der Waals surface area contributed by atoms with Gasteiger partial charge in [-0.3, -0.25) is 28.9 Å². The molecule has 2 aromatic carbocycles. The third-order valence-electron chi connectivity index (χ3n) is 7.21. The lowest BCUT2D eigenvalue weighted by atomic mass is 9.96. The standard InChI is InChI=1S/C33H30ClN3O10S2/c1-17(38)43-16-25-28(44-18(2)39)29(45-19(3)40)30(46-20(4)41)31(47-25)37-32(48)26(49-33(37)42)14-22-15-36(24-8-6-5-7-9-24)35-27(22)21-10-12-23(34)13-11-21/h5-15,25,28-31H,16H2,1-4H3/b26-14-/t25-,28-,29+,30-,31-/m1/s1. The zero-order valence-corrected chi connectivity index (χ0v) is 29.0. The fraction of sp³-hybridized carbons (Fsp3) is 0.303. The van der Waals surface area contributed by atoms with Crippen molar-refractivity contribution >= 4 is 75.8 Å². The quantitative estimate of drug-likeness (QED) is 0.124. The maximum atomic E-state index is 13.7. The number of esters is 4. The number of amides is 1. The summed E-state index contributed by atoms with van der Waals surface area (Å²) in [7, 11) is 0. The number of halogens is 1. The van der Waals surface area contributed by atoms with Gasteiger partial charge in [0.25, 0.3) is 5.24 Å². The first-order valence-electron chi connectivity index (χ1n) is 14.8. The summed E-state index contributed by atoms with van der Waals surface area (Å²) in [6.07, 6.45) is -3.62. The highest BCUT2D eigenvalue weighted by Gasteiger charge is 2.56. The van der Waals surface area contributed by atoms with Gasteiger partial charge in [0, 0.05) is 50.0 Å². The summed E-state index contributed by atoms with van der Waals surface area (Å²) in [4.78, 5) is 63.6. The predicted octanol–water partition coefficient (Wildman–Crippen LogP) is 5.11. The van der Waals surface area contributed by atoms with Crippen LogP contribution in [0.5, 0.6) is 0 Å². The van der Waals surface area contributed by atoms with Gasteiger partial charge >= 0.3 is 23.9 Å². The van der Waals surface area contributed by atoms with E-state index in [-0.39, 0.29) is 4.99 Å². The van der Waals surface area contributed by atoms with Gasteiger partial charge in [-0.05, 0) is 42.1 Å². The van der Waals surface area contributed by atoms with E-state index in [0.717, 1.165) is 55.6 Å². The fourth-order valence-electron chi connectivity index (χ4n) is 5.29. The average molecular weight is 728 g/mol. The third kappa shape index (κ3) is 8.36. The van der Waals surface area contributed by atoms with Crippen molar-refractivity contribution < 1.29 is 47.7 Å². The lowest BCUT2D eigenvalue weighted by molar-refractivity contribution is -0.265. The van der Waals surface area contributed by atoms with Gasteiger partial charge in [-0.25, -0.2) is 4.68 Å². The van der Waals surface area contributed by atoms with Crippen LogP contribution in [0.2, 0.25) is 5.02 Å². The van der Waals surface area contributed by atoms with Crippen molar-refractivity contribution in [2.75, 3.05) is 6.61 Å². The second kappa shape index (κ2) is 15.3. The molecule has 0 spiro atoms. The Bertz CT molecular complexity index is 1810. The number of aromatic nitrogens is 2. The van der Waals surface area contributed by atoms with Crippen LogP contribution in [0.15, 0.2) is 65.7 Å². The van der Waals surface area contributed by atoms with Crippen molar-refractivity contribution in [2.45, 2.75) is 58.3 Å². The van der Waals surface area contributed by atoms with E-state index in [9.17, 15) is 24.0 Å². The minimum atomic E-state index is -1.51. The van der Waals surface area contributed by atoms with Crippen molar-refractivity contribution in [3.8, 4) is 16.9 Å². The molecule has 13 nitrogen and oxygen atoms in total. The molecule has 2 fully saturated rings. The summed E-state index contributed by atoms with van der Waals surface area (Å²) in [6, 6.07) is 16.5. The normalized spacial score (nSPS) is 22.9. The molecular formula is C33H30ClN3O10S2. The van der Waals surface area contributed by atoms with Crippen LogP contribution in [0.3, 0.4) is 0 Å². The molecule has 1 amide bonds. The molecule has 5 atom stereocenters. The van der Waals surface area contributed by atoms with Crippen molar-refractivity contribution in [1.82, 2.24) is 14.7 Å². The Morgan fingerprint density at radius 1 is 0.898 bits per heavy atom. The summed E-state index contributed by atoms with van der Waals surface area (Å²) in [5.41, 5.74) is 2.74. The average Bonchev–Trinajstić information content (AvgIpc) is 3.58. The maximum Gasteiger partial charge on any atom is 0.303 e. The van der Waals surface area contributed by atoms with E-state index in [1.54, 1.807) is 29.1 Å². The Labute approximate surface area is 295 Å². The molecule has 0 bridgehead atoms. The summed E-state index contributed by atoms with van der Waals surface area (Å²) in [5, 5.41) is 4.75. The summed E-state index contributed by atoms with van der Waals surface area (Å²) in [6.45, 7) is 4.04. The van der Waals surface area contributed by atoms with E-state index >= 15 is 0 Å². The van der Waals surface area contributed by atoms with Crippen molar-refractivity contribution in [2.24, 2.45) is 0 Å². The van der Waals surface area contributed by atoms with Crippen LogP contribution in [0, 0.1) is 0 Å². The van der Waals surface area contributed by atoms with E-state index in [4.69, 9.17) is 52.6 Å². The number of thiocarbonyl (C=S) groups is 1. The molecule has 2 aliphatic heterocycles. The van der Waals surface area contributed by atoms with E-state index in [0.29, 0.717) is 21.2 Å². The molecule has 3 aromatic rings. The SMILES string of the molecule is CC(=O)OC[C@H]1O[C@@H](N2C(=O)S/C(=C\c3cn(-c4ccccc4)nc3-c3ccc(Cl)cc3)C2=S)[C@H](OC(C)=O)[C@@H](OC(C)=O)[C@@H]1OC(C)=O. The molecule has 0 radical (unpaired) electrons. The van der Waals surface area contributed by atoms with Crippen molar-refractivity contribution in [3.63, 3.8) is 0 Å². The zero-order chi connectivity index (χ0) is 35.4. The van der Waals surface area contributed by atoms with Gasteiger partial charge in [0.1, 0.15) is 17.7 Å². The lowest BCUT2D eigenvalue weighted by Crippen LogP contribution is -2.66. The van der Waals surface area contributed by atoms with E-state index in [1.807, 2.05) is 42.5 Å². The van der Waals surface area contributed by atoms with Gasteiger partial charge in [-0.2, -0.15) is 5.10 Å². The number of rotatable bonds is 9. The monoisotopic (exact) mass is 727 g/mol. The molecule has 5 rings (SSSR count). The molecule has 1 aromatic heterocycles. The predicted molar refractivity (Wildman–Crippen MR) is 181 cm³/mol. The highest BCUT2D eigenvalue weighted by Crippen LogP contribution is 2.41. The number of ether oxygens (including phenoxy) is 5. The smallest absolute Gasteiger partial charge is 0.303 e. The molecule has 2 saturated heterocycles. The maximum absolute atomic E-state index is 13.7. The number of hydrogen-bond donors (Lipinski definition) is 0. The summed E-state index contributed by atoms with van der Waals surface area (Å²) in [5.74, 6) is -3.06. The summed E-state index contributed by atoms with van der Waals surface area (Å²) < 4.78 is 29.5. The molecule has 256 valence electrons. The van der Waals surface area contributed by atoms with Crippen LogP contribution < -0.4 is 0 Å². The Hall–Kier alpha value is -4.57. The molecule has 2 aliphatic rings. The van der Waals surface area contributed by atoms with Crippen LogP contribution in [0.1, 0.15) is 33.3 Å². The van der Waals surface area contributed by atoms with E-state index in [1.165, 1.54) is 0 Å².